The molecule has 0 bridgehead atoms. The molecule has 0 saturated carbocycles. The van der Waals surface area contributed by atoms with Crippen molar-refractivity contribution in [1.82, 2.24) is 10.2 Å². The zero-order chi connectivity index (χ0) is 21.1. The first kappa shape index (κ1) is 22.6. The number of methoxy groups -OCH3 is 1. The number of esters is 1. The lowest BCUT2D eigenvalue weighted by atomic mass is 10.1. The van der Waals surface area contributed by atoms with Crippen molar-refractivity contribution in [2.45, 2.75) is 25.8 Å². The van der Waals surface area contributed by atoms with E-state index < -0.39 is 12.0 Å². The quantitative estimate of drug-likeness (QED) is 0.413. The van der Waals surface area contributed by atoms with Gasteiger partial charge in [-0.1, -0.05) is 6.92 Å². The molecule has 1 fully saturated rings. The summed E-state index contributed by atoms with van der Waals surface area (Å²) in [4.78, 5) is 38.2. The van der Waals surface area contributed by atoms with Crippen molar-refractivity contribution in [3.05, 3.63) is 24.3 Å². The minimum atomic E-state index is -0.713. The van der Waals surface area contributed by atoms with Crippen LogP contribution in [-0.4, -0.2) is 75.3 Å². The summed E-state index contributed by atoms with van der Waals surface area (Å²) < 4.78 is 15.5. The fourth-order valence-electron chi connectivity index (χ4n) is 2.87. The topological polar surface area (TPSA) is 106 Å². The molecule has 1 saturated heterocycles. The third-order valence-electron chi connectivity index (χ3n) is 4.31. The molecule has 160 valence electrons. The lowest BCUT2D eigenvalue weighted by molar-refractivity contribution is -0.148. The van der Waals surface area contributed by atoms with E-state index in [0.29, 0.717) is 50.8 Å². The number of carbonyl (C=O) groups is 3. The van der Waals surface area contributed by atoms with Gasteiger partial charge in [-0.3, -0.25) is 19.3 Å². The summed E-state index contributed by atoms with van der Waals surface area (Å²) in [6.07, 6.45) is 0.636. The Hall–Kier alpha value is -2.65. The van der Waals surface area contributed by atoms with Crippen LogP contribution in [0.15, 0.2) is 24.3 Å². The van der Waals surface area contributed by atoms with Crippen LogP contribution in [0.1, 0.15) is 19.8 Å². The van der Waals surface area contributed by atoms with Crippen LogP contribution < -0.4 is 15.4 Å². The molecule has 2 amide bonds. The molecular formula is C20H29N3O6. The molecule has 1 aliphatic rings. The highest BCUT2D eigenvalue weighted by Gasteiger charge is 2.33. The molecule has 1 heterocycles. The monoisotopic (exact) mass is 407 g/mol. The summed E-state index contributed by atoms with van der Waals surface area (Å²) in [6, 6.07) is 6.28. The van der Waals surface area contributed by atoms with E-state index in [1.165, 1.54) is 0 Å². The Morgan fingerprint density at radius 2 is 1.97 bits per heavy atom. The van der Waals surface area contributed by atoms with Crippen LogP contribution >= 0.6 is 0 Å². The first-order valence-electron chi connectivity index (χ1n) is 9.72. The number of rotatable bonds is 11. The molecule has 2 rings (SSSR count). The Morgan fingerprint density at radius 1 is 1.21 bits per heavy atom. The van der Waals surface area contributed by atoms with E-state index in [1.54, 1.807) is 36.3 Å². The van der Waals surface area contributed by atoms with E-state index in [2.05, 4.69) is 10.6 Å². The molecule has 1 aromatic carbocycles. The molecule has 1 aromatic rings. The Morgan fingerprint density at radius 3 is 2.66 bits per heavy atom. The van der Waals surface area contributed by atoms with Gasteiger partial charge in [0, 0.05) is 25.9 Å². The number of anilines is 1. The van der Waals surface area contributed by atoms with Crippen LogP contribution in [0.4, 0.5) is 5.69 Å². The number of nitrogens with zero attached hydrogens (tertiary/aromatic N) is 1. The summed E-state index contributed by atoms with van der Waals surface area (Å²) in [6.45, 7) is 4.08. The van der Waals surface area contributed by atoms with Gasteiger partial charge in [-0.05, 0) is 30.7 Å². The molecule has 0 aliphatic carbocycles. The van der Waals surface area contributed by atoms with Crippen molar-refractivity contribution >= 4 is 23.5 Å². The predicted molar refractivity (Wildman–Crippen MR) is 107 cm³/mol. The highest BCUT2D eigenvalue weighted by Crippen LogP contribution is 2.16. The zero-order valence-corrected chi connectivity index (χ0v) is 16.9. The molecule has 0 aromatic heterocycles. The van der Waals surface area contributed by atoms with Crippen LogP contribution in [0, 0.1) is 0 Å². The molecule has 1 atom stereocenters. The number of ether oxygens (including phenoxy) is 3. The van der Waals surface area contributed by atoms with Crippen molar-refractivity contribution in [2.24, 2.45) is 0 Å². The first-order valence-corrected chi connectivity index (χ1v) is 9.72. The van der Waals surface area contributed by atoms with E-state index in [9.17, 15) is 14.4 Å². The van der Waals surface area contributed by atoms with Crippen molar-refractivity contribution in [1.29, 1.82) is 0 Å². The molecule has 29 heavy (non-hydrogen) atoms. The first-order chi connectivity index (χ1) is 14.0. The average Bonchev–Trinajstić information content (AvgIpc) is 2.70. The smallest absolute Gasteiger partial charge is 0.307 e. The van der Waals surface area contributed by atoms with Crippen LogP contribution in [0.3, 0.4) is 0 Å². The van der Waals surface area contributed by atoms with E-state index in [-0.39, 0.29) is 24.8 Å². The summed E-state index contributed by atoms with van der Waals surface area (Å²) in [5, 5.41) is 5.53. The summed E-state index contributed by atoms with van der Waals surface area (Å²) in [5.41, 5.74) is 0.620. The third-order valence-corrected chi connectivity index (χ3v) is 4.31. The Balaban J connectivity index is 1.88. The molecule has 9 heteroatoms. The normalized spacial score (nSPS) is 16.8. The maximum Gasteiger partial charge on any atom is 0.307 e. The van der Waals surface area contributed by atoms with E-state index in [1.807, 2.05) is 6.92 Å². The van der Waals surface area contributed by atoms with Crippen LogP contribution in [0.2, 0.25) is 0 Å². The molecule has 1 aliphatic heterocycles. The Bertz CT molecular complexity index is 679. The van der Waals surface area contributed by atoms with Gasteiger partial charge in [-0.15, -0.1) is 0 Å². The summed E-state index contributed by atoms with van der Waals surface area (Å²) in [7, 11) is 1.60. The second-order valence-electron chi connectivity index (χ2n) is 6.62. The van der Waals surface area contributed by atoms with Gasteiger partial charge in [0.05, 0.1) is 26.2 Å². The SMILES string of the molecule is CCCOC(=O)CC1C(=O)NCCN1CC(=O)Nc1ccc(OCCOC)cc1. The van der Waals surface area contributed by atoms with Crippen LogP contribution in [-0.2, 0) is 23.9 Å². The fourth-order valence-corrected chi connectivity index (χ4v) is 2.87. The maximum absolute atomic E-state index is 12.4. The fraction of sp³-hybridized carbons (Fsp3) is 0.550. The van der Waals surface area contributed by atoms with Crippen molar-refractivity contribution in [3.63, 3.8) is 0 Å². The molecule has 9 nitrogen and oxygen atoms in total. The second kappa shape index (κ2) is 12.0. The lowest BCUT2D eigenvalue weighted by Gasteiger charge is -2.33. The van der Waals surface area contributed by atoms with Crippen LogP contribution in [0.5, 0.6) is 5.75 Å². The number of carbonyl (C=O) groups excluding carboxylic acids is 3. The molecular weight excluding hydrogens is 378 g/mol. The van der Waals surface area contributed by atoms with Gasteiger partial charge in [0.1, 0.15) is 18.4 Å². The largest absolute Gasteiger partial charge is 0.491 e. The Kier molecular flexibility index (Phi) is 9.39. The number of nitrogens with one attached hydrogen (secondary N) is 2. The molecule has 1 unspecified atom stereocenters. The number of piperazine rings is 1. The van der Waals surface area contributed by atoms with Gasteiger partial charge < -0.3 is 24.8 Å². The minimum absolute atomic E-state index is 0.00519. The number of benzene rings is 1. The Labute approximate surface area is 170 Å². The predicted octanol–water partition coefficient (Wildman–Crippen LogP) is 0.794. The van der Waals surface area contributed by atoms with Crippen molar-refractivity contribution in [3.8, 4) is 5.75 Å². The number of hydrogen-bond donors (Lipinski definition) is 2. The van der Waals surface area contributed by atoms with E-state index in [4.69, 9.17) is 14.2 Å². The minimum Gasteiger partial charge on any atom is -0.491 e. The highest BCUT2D eigenvalue weighted by molar-refractivity contribution is 5.93. The lowest BCUT2D eigenvalue weighted by Crippen LogP contribution is -2.57. The van der Waals surface area contributed by atoms with Gasteiger partial charge in [-0.2, -0.15) is 0 Å². The molecule has 2 N–H and O–H groups in total. The summed E-state index contributed by atoms with van der Waals surface area (Å²) >= 11 is 0. The second-order valence-corrected chi connectivity index (χ2v) is 6.62. The average molecular weight is 407 g/mol. The van der Waals surface area contributed by atoms with Crippen molar-refractivity contribution < 1.29 is 28.6 Å². The van der Waals surface area contributed by atoms with Crippen molar-refractivity contribution in [2.75, 3.05) is 51.9 Å². The van der Waals surface area contributed by atoms with E-state index in [0.717, 1.165) is 0 Å². The molecule has 0 spiro atoms. The van der Waals surface area contributed by atoms with Crippen LogP contribution in [0.25, 0.3) is 0 Å². The van der Waals surface area contributed by atoms with Gasteiger partial charge >= 0.3 is 5.97 Å². The third kappa shape index (κ3) is 7.71. The van der Waals surface area contributed by atoms with Gasteiger partial charge in [-0.25, -0.2) is 0 Å². The summed E-state index contributed by atoms with van der Waals surface area (Å²) in [5.74, 6) is -0.295. The standard InChI is InChI=1S/C20H29N3O6/c1-3-10-29-19(25)13-17-20(26)21-8-9-23(17)14-18(24)22-15-4-6-16(7-5-15)28-12-11-27-2/h4-7,17H,3,8-14H2,1-2H3,(H,21,26)(H,22,24). The number of hydrogen-bond acceptors (Lipinski definition) is 7. The van der Waals surface area contributed by atoms with E-state index >= 15 is 0 Å². The van der Waals surface area contributed by atoms with Gasteiger partial charge in [0.25, 0.3) is 0 Å². The highest BCUT2D eigenvalue weighted by atomic mass is 16.5. The maximum atomic E-state index is 12.4. The van der Waals surface area contributed by atoms with Gasteiger partial charge in [0.2, 0.25) is 11.8 Å². The molecule has 0 radical (unpaired) electrons. The zero-order valence-electron chi connectivity index (χ0n) is 16.9. The number of amides is 2. The van der Waals surface area contributed by atoms with Gasteiger partial charge in [0.15, 0.2) is 0 Å².